The van der Waals surface area contributed by atoms with Crippen LogP contribution in [-0.4, -0.2) is 25.9 Å². The normalized spacial score (nSPS) is 18.1. The molecule has 7 heteroatoms. The van der Waals surface area contributed by atoms with Gasteiger partial charge >= 0.3 is 0 Å². The second-order valence-electron chi connectivity index (χ2n) is 6.82. The first-order valence-electron chi connectivity index (χ1n) is 7.49. The summed E-state index contributed by atoms with van der Waals surface area (Å²) >= 11 is 1.49. The molecule has 1 N–H and O–H groups in total. The van der Waals surface area contributed by atoms with E-state index in [9.17, 15) is 4.79 Å². The highest BCUT2D eigenvalue weighted by atomic mass is 32.1. The van der Waals surface area contributed by atoms with Crippen molar-refractivity contribution >= 4 is 22.4 Å². The SMILES string of the molecule is Cn1nnc2c1CC(C(=O)Nc1nc(C(C)(C)C)cs1)CC2. The number of aromatic nitrogens is 4. The van der Waals surface area contributed by atoms with Gasteiger partial charge in [0.25, 0.3) is 0 Å². The number of amides is 1. The molecule has 0 aromatic carbocycles. The second-order valence-corrected chi connectivity index (χ2v) is 7.68. The number of carbonyl (C=O) groups excluding carboxylic acids is 1. The van der Waals surface area contributed by atoms with Crippen molar-refractivity contribution in [1.82, 2.24) is 20.0 Å². The minimum Gasteiger partial charge on any atom is -0.302 e. The van der Waals surface area contributed by atoms with Gasteiger partial charge < -0.3 is 5.32 Å². The molecule has 1 amide bonds. The molecule has 6 nitrogen and oxygen atoms in total. The van der Waals surface area contributed by atoms with E-state index in [-0.39, 0.29) is 17.2 Å². The van der Waals surface area contributed by atoms with Crippen LogP contribution in [0.15, 0.2) is 5.38 Å². The molecule has 1 aliphatic rings. The number of nitrogens with one attached hydrogen (secondary N) is 1. The van der Waals surface area contributed by atoms with Gasteiger partial charge in [0, 0.05) is 30.2 Å². The predicted octanol–water partition coefficient (Wildman–Crippen LogP) is 2.31. The molecule has 2 aromatic heterocycles. The summed E-state index contributed by atoms with van der Waals surface area (Å²) in [5.41, 5.74) is 3.10. The monoisotopic (exact) mass is 319 g/mol. The Kier molecular flexibility index (Phi) is 3.76. The standard InChI is InChI=1S/C15H21N5OS/c1-15(2,3)12-8-22-14(16-12)17-13(21)9-5-6-10-11(7-9)20(4)19-18-10/h8-9H,5-7H2,1-4H3,(H,16,17,21). The molecule has 118 valence electrons. The second kappa shape index (κ2) is 5.46. The quantitative estimate of drug-likeness (QED) is 0.922. The van der Waals surface area contributed by atoms with Crippen molar-refractivity contribution in [3.8, 4) is 0 Å². The van der Waals surface area contributed by atoms with Crippen LogP contribution in [-0.2, 0) is 30.1 Å². The maximum Gasteiger partial charge on any atom is 0.229 e. The Hall–Kier alpha value is -1.76. The van der Waals surface area contributed by atoms with Gasteiger partial charge in [-0.1, -0.05) is 26.0 Å². The Morgan fingerprint density at radius 1 is 1.45 bits per heavy atom. The van der Waals surface area contributed by atoms with Gasteiger partial charge in [-0.15, -0.1) is 16.4 Å². The zero-order chi connectivity index (χ0) is 15.9. The Labute approximate surface area is 133 Å². The molecule has 1 atom stereocenters. The number of anilines is 1. The van der Waals surface area contributed by atoms with Crippen LogP contribution in [0.5, 0.6) is 0 Å². The van der Waals surface area contributed by atoms with E-state index in [4.69, 9.17) is 0 Å². The van der Waals surface area contributed by atoms with E-state index in [2.05, 4.69) is 41.4 Å². The molecule has 22 heavy (non-hydrogen) atoms. The van der Waals surface area contributed by atoms with Gasteiger partial charge in [0.05, 0.1) is 17.1 Å². The maximum atomic E-state index is 12.5. The number of hydrogen-bond donors (Lipinski definition) is 1. The lowest BCUT2D eigenvalue weighted by Crippen LogP contribution is -2.29. The lowest BCUT2D eigenvalue weighted by molar-refractivity contribution is -0.120. The smallest absolute Gasteiger partial charge is 0.229 e. The highest BCUT2D eigenvalue weighted by Crippen LogP contribution is 2.28. The molecule has 0 spiro atoms. The Morgan fingerprint density at radius 3 is 2.91 bits per heavy atom. The van der Waals surface area contributed by atoms with Gasteiger partial charge in [0.15, 0.2) is 5.13 Å². The van der Waals surface area contributed by atoms with Gasteiger partial charge in [0.1, 0.15) is 0 Å². The van der Waals surface area contributed by atoms with Gasteiger partial charge in [-0.05, 0) is 12.8 Å². The number of rotatable bonds is 2. The van der Waals surface area contributed by atoms with Gasteiger partial charge in [-0.3, -0.25) is 9.48 Å². The van der Waals surface area contributed by atoms with Crippen molar-refractivity contribution in [3.05, 3.63) is 22.5 Å². The van der Waals surface area contributed by atoms with Crippen molar-refractivity contribution < 1.29 is 4.79 Å². The Balaban J connectivity index is 1.68. The topological polar surface area (TPSA) is 72.7 Å². The molecule has 1 unspecified atom stereocenters. The fourth-order valence-electron chi connectivity index (χ4n) is 2.62. The summed E-state index contributed by atoms with van der Waals surface area (Å²) in [4.78, 5) is 17.0. The van der Waals surface area contributed by atoms with Crippen LogP contribution in [0.3, 0.4) is 0 Å². The van der Waals surface area contributed by atoms with E-state index < -0.39 is 0 Å². The summed E-state index contributed by atoms with van der Waals surface area (Å²) in [5.74, 6) is 0.00773. The first kappa shape index (κ1) is 15.1. The molecule has 3 rings (SSSR count). The molecule has 0 saturated heterocycles. The minimum absolute atomic E-state index is 0.000400. The van der Waals surface area contributed by atoms with Gasteiger partial charge in [-0.2, -0.15) is 0 Å². The third kappa shape index (κ3) is 2.90. The summed E-state index contributed by atoms with van der Waals surface area (Å²) in [6.45, 7) is 6.35. The number of aryl methyl sites for hydroxylation is 2. The Morgan fingerprint density at radius 2 is 2.23 bits per heavy atom. The Bertz CT molecular complexity index is 697. The molecule has 2 heterocycles. The van der Waals surface area contributed by atoms with Crippen molar-refractivity contribution in [2.24, 2.45) is 13.0 Å². The van der Waals surface area contributed by atoms with Crippen LogP contribution in [0.2, 0.25) is 0 Å². The number of thiazole rings is 1. The molecular weight excluding hydrogens is 298 g/mol. The summed E-state index contributed by atoms with van der Waals surface area (Å²) < 4.78 is 1.77. The average molecular weight is 319 g/mol. The first-order chi connectivity index (χ1) is 10.3. The van der Waals surface area contributed by atoms with Crippen LogP contribution < -0.4 is 5.32 Å². The van der Waals surface area contributed by atoms with E-state index >= 15 is 0 Å². The molecule has 1 aliphatic carbocycles. The molecule has 0 saturated carbocycles. The number of fused-ring (bicyclic) bond motifs is 1. The highest BCUT2D eigenvalue weighted by molar-refractivity contribution is 7.13. The van der Waals surface area contributed by atoms with Crippen LogP contribution in [0.4, 0.5) is 5.13 Å². The molecule has 2 aromatic rings. The van der Waals surface area contributed by atoms with Crippen molar-refractivity contribution in [3.63, 3.8) is 0 Å². The molecule has 0 radical (unpaired) electrons. The fraction of sp³-hybridized carbons (Fsp3) is 0.600. The summed E-state index contributed by atoms with van der Waals surface area (Å²) in [6, 6.07) is 0. The third-order valence-corrected chi connectivity index (χ3v) is 4.82. The van der Waals surface area contributed by atoms with Gasteiger partial charge in [-0.25, -0.2) is 4.98 Å². The molecule has 0 aliphatic heterocycles. The van der Waals surface area contributed by atoms with Crippen molar-refractivity contribution in [1.29, 1.82) is 0 Å². The van der Waals surface area contributed by atoms with Crippen LogP contribution in [0.25, 0.3) is 0 Å². The van der Waals surface area contributed by atoms with E-state index in [0.717, 1.165) is 29.9 Å². The van der Waals surface area contributed by atoms with E-state index in [1.165, 1.54) is 11.3 Å². The zero-order valence-electron chi connectivity index (χ0n) is 13.4. The van der Waals surface area contributed by atoms with E-state index in [1.54, 1.807) is 4.68 Å². The predicted molar refractivity (Wildman–Crippen MR) is 86.0 cm³/mol. The van der Waals surface area contributed by atoms with E-state index in [0.29, 0.717) is 11.6 Å². The average Bonchev–Trinajstić information content (AvgIpc) is 3.06. The molecule has 0 bridgehead atoms. The highest BCUT2D eigenvalue weighted by Gasteiger charge is 2.28. The van der Waals surface area contributed by atoms with Crippen LogP contribution in [0, 0.1) is 5.92 Å². The first-order valence-corrected chi connectivity index (χ1v) is 8.37. The van der Waals surface area contributed by atoms with Crippen molar-refractivity contribution in [2.45, 2.75) is 45.4 Å². The lowest BCUT2D eigenvalue weighted by atomic mass is 9.89. The maximum absolute atomic E-state index is 12.5. The van der Waals surface area contributed by atoms with Crippen molar-refractivity contribution in [2.75, 3.05) is 5.32 Å². The van der Waals surface area contributed by atoms with Crippen LogP contribution in [0.1, 0.15) is 44.3 Å². The molecular formula is C15H21N5OS. The van der Waals surface area contributed by atoms with Gasteiger partial charge in [0.2, 0.25) is 5.91 Å². The fourth-order valence-corrected chi connectivity index (χ4v) is 3.56. The number of carbonyl (C=O) groups is 1. The minimum atomic E-state index is -0.0355. The number of hydrogen-bond acceptors (Lipinski definition) is 5. The number of nitrogens with zero attached hydrogens (tertiary/aromatic N) is 4. The summed E-state index contributed by atoms with van der Waals surface area (Å²) in [5, 5.41) is 13.8. The zero-order valence-corrected chi connectivity index (χ0v) is 14.2. The third-order valence-electron chi connectivity index (χ3n) is 4.07. The lowest BCUT2D eigenvalue weighted by Gasteiger charge is -2.20. The van der Waals surface area contributed by atoms with E-state index in [1.807, 2.05) is 12.4 Å². The summed E-state index contributed by atoms with van der Waals surface area (Å²) in [7, 11) is 1.88. The molecule has 0 fully saturated rings. The largest absolute Gasteiger partial charge is 0.302 e. The summed E-state index contributed by atoms with van der Waals surface area (Å²) in [6.07, 6.45) is 2.32. The van der Waals surface area contributed by atoms with Crippen LogP contribution >= 0.6 is 11.3 Å².